The minimum absolute atomic E-state index is 0.296. The summed E-state index contributed by atoms with van der Waals surface area (Å²) >= 11 is 5.89. The lowest BCUT2D eigenvalue weighted by molar-refractivity contribution is 1.08. The SMILES string of the molecule is Nc1ncc(Cc2cccc(Cl)c2)cn1. The second-order valence-electron chi connectivity index (χ2n) is 3.26. The molecule has 0 spiro atoms. The molecule has 1 aromatic heterocycles. The van der Waals surface area contributed by atoms with Gasteiger partial charge >= 0.3 is 0 Å². The summed E-state index contributed by atoms with van der Waals surface area (Å²) < 4.78 is 0. The van der Waals surface area contributed by atoms with Crippen LogP contribution < -0.4 is 5.73 Å². The summed E-state index contributed by atoms with van der Waals surface area (Å²) in [5, 5.41) is 0.740. The van der Waals surface area contributed by atoms with Crippen LogP contribution in [0.5, 0.6) is 0 Å². The van der Waals surface area contributed by atoms with Crippen LogP contribution in [0.3, 0.4) is 0 Å². The van der Waals surface area contributed by atoms with Gasteiger partial charge in [-0.3, -0.25) is 0 Å². The Labute approximate surface area is 92.9 Å². The third-order valence-electron chi connectivity index (χ3n) is 2.02. The Balaban J connectivity index is 2.18. The first-order valence-electron chi connectivity index (χ1n) is 4.55. The first-order valence-corrected chi connectivity index (χ1v) is 4.93. The normalized spacial score (nSPS) is 10.2. The molecule has 1 aromatic carbocycles. The summed E-state index contributed by atoms with van der Waals surface area (Å²) in [6.45, 7) is 0. The molecule has 0 fully saturated rings. The van der Waals surface area contributed by atoms with Crippen LogP contribution in [-0.4, -0.2) is 9.97 Å². The van der Waals surface area contributed by atoms with Crippen molar-refractivity contribution in [3.63, 3.8) is 0 Å². The Kier molecular flexibility index (Phi) is 2.83. The molecule has 76 valence electrons. The van der Waals surface area contributed by atoms with Crippen molar-refractivity contribution >= 4 is 17.5 Å². The lowest BCUT2D eigenvalue weighted by Gasteiger charge is -2.01. The van der Waals surface area contributed by atoms with Crippen LogP contribution in [0.25, 0.3) is 0 Å². The molecule has 2 rings (SSSR count). The Morgan fingerprint density at radius 3 is 2.53 bits per heavy atom. The highest BCUT2D eigenvalue weighted by Crippen LogP contribution is 2.13. The topological polar surface area (TPSA) is 51.8 Å². The molecule has 0 aliphatic carbocycles. The molecule has 2 aromatic rings. The zero-order valence-corrected chi connectivity index (χ0v) is 8.78. The van der Waals surface area contributed by atoms with E-state index in [0.29, 0.717) is 5.95 Å². The summed E-state index contributed by atoms with van der Waals surface area (Å²) in [6.07, 6.45) is 4.22. The number of anilines is 1. The highest BCUT2D eigenvalue weighted by Gasteiger charge is 1.98. The first kappa shape index (κ1) is 9.93. The third kappa shape index (κ3) is 2.67. The van der Waals surface area contributed by atoms with Crippen LogP contribution in [0, 0.1) is 0 Å². The van der Waals surface area contributed by atoms with Crippen molar-refractivity contribution < 1.29 is 0 Å². The van der Waals surface area contributed by atoms with Gasteiger partial charge in [0.15, 0.2) is 0 Å². The van der Waals surface area contributed by atoms with Gasteiger partial charge in [0.1, 0.15) is 0 Å². The van der Waals surface area contributed by atoms with Crippen LogP contribution in [0.2, 0.25) is 5.02 Å². The van der Waals surface area contributed by atoms with Crippen LogP contribution in [-0.2, 0) is 6.42 Å². The zero-order valence-electron chi connectivity index (χ0n) is 8.02. The van der Waals surface area contributed by atoms with E-state index in [2.05, 4.69) is 9.97 Å². The van der Waals surface area contributed by atoms with Gasteiger partial charge in [-0.2, -0.15) is 0 Å². The number of hydrogen-bond donors (Lipinski definition) is 1. The minimum Gasteiger partial charge on any atom is -0.368 e. The van der Waals surface area contributed by atoms with Crippen molar-refractivity contribution in [2.24, 2.45) is 0 Å². The van der Waals surface area contributed by atoms with Crippen LogP contribution in [0.1, 0.15) is 11.1 Å². The second-order valence-corrected chi connectivity index (χ2v) is 3.69. The van der Waals surface area contributed by atoms with E-state index in [1.54, 1.807) is 12.4 Å². The largest absolute Gasteiger partial charge is 0.368 e. The van der Waals surface area contributed by atoms with Gasteiger partial charge in [0.25, 0.3) is 0 Å². The van der Waals surface area contributed by atoms with Gasteiger partial charge < -0.3 is 5.73 Å². The average Bonchev–Trinajstić information content (AvgIpc) is 2.22. The number of halogens is 1. The molecule has 0 atom stereocenters. The number of nitrogens with two attached hydrogens (primary N) is 1. The molecular formula is C11H10ClN3. The number of rotatable bonds is 2. The van der Waals surface area contributed by atoms with Crippen LogP contribution in [0.15, 0.2) is 36.7 Å². The van der Waals surface area contributed by atoms with Crippen molar-refractivity contribution in [1.29, 1.82) is 0 Å². The fourth-order valence-electron chi connectivity index (χ4n) is 1.34. The van der Waals surface area contributed by atoms with Crippen molar-refractivity contribution in [3.8, 4) is 0 Å². The number of nitrogens with zero attached hydrogens (tertiary/aromatic N) is 2. The summed E-state index contributed by atoms with van der Waals surface area (Å²) in [5.74, 6) is 0.296. The van der Waals surface area contributed by atoms with Gasteiger partial charge in [-0.05, 0) is 23.3 Å². The van der Waals surface area contributed by atoms with E-state index in [9.17, 15) is 0 Å². The monoisotopic (exact) mass is 219 g/mol. The minimum atomic E-state index is 0.296. The number of benzene rings is 1. The molecule has 0 amide bonds. The summed E-state index contributed by atoms with van der Waals surface area (Å²) in [6, 6.07) is 7.72. The van der Waals surface area contributed by atoms with Crippen molar-refractivity contribution in [3.05, 3.63) is 52.8 Å². The Hall–Kier alpha value is -1.61. The van der Waals surface area contributed by atoms with E-state index in [0.717, 1.165) is 22.6 Å². The lowest BCUT2D eigenvalue weighted by atomic mass is 10.1. The fourth-order valence-corrected chi connectivity index (χ4v) is 1.55. The molecule has 15 heavy (non-hydrogen) atoms. The molecule has 0 aliphatic rings. The van der Waals surface area contributed by atoms with E-state index in [1.165, 1.54) is 0 Å². The van der Waals surface area contributed by atoms with E-state index in [-0.39, 0.29) is 0 Å². The average molecular weight is 220 g/mol. The second kappa shape index (κ2) is 4.28. The van der Waals surface area contributed by atoms with Gasteiger partial charge in [-0.25, -0.2) is 9.97 Å². The molecule has 0 unspecified atom stereocenters. The molecular weight excluding hydrogens is 210 g/mol. The van der Waals surface area contributed by atoms with Crippen molar-refractivity contribution in [2.75, 3.05) is 5.73 Å². The molecule has 3 nitrogen and oxygen atoms in total. The summed E-state index contributed by atoms with van der Waals surface area (Å²) in [4.78, 5) is 7.86. The first-order chi connectivity index (χ1) is 7.24. The Bertz CT molecular complexity index is 454. The molecule has 0 aliphatic heterocycles. The van der Waals surface area contributed by atoms with Gasteiger partial charge in [0.05, 0.1) is 0 Å². The van der Waals surface area contributed by atoms with E-state index < -0.39 is 0 Å². The molecule has 2 N–H and O–H groups in total. The van der Waals surface area contributed by atoms with Crippen molar-refractivity contribution in [2.45, 2.75) is 6.42 Å². The predicted octanol–water partition coefficient (Wildman–Crippen LogP) is 2.30. The van der Waals surface area contributed by atoms with Gasteiger partial charge in [0, 0.05) is 23.8 Å². The van der Waals surface area contributed by atoms with Gasteiger partial charge in [-0.1, -0.05) is 23.7 Å². The molecule has 0 bridgehead atoms. The number of aromatic nitrogens is 2. The van der Waals surface area contributed by atoms with E-state index >= 15 is 0 Å². The van der Waals surface area contributed by atoms with Gasteiger partial charge in [-0.15, -0.1) is 0 Å². The van der Waals surface area contributed by atoms with Crippen molar-refractivity contribution in [1.82, 2.24) is 9.97 Å². The molecule has 0 radical (unpaired) electrons. The quantitative estimate of drug-likeness (QED) is 0.843. The third-order valence-corrected chi connectivity index (χ3v) is 2.26. The Morgan fingerprint density at radius 1 is 1.13 bits per heavy atom. The summed E-state index contributed by atoms with van der Waals surface area (Å²) in [7, 11) is 0. The van der Waals surface area contributed by atoms with Gasteiger partial charge in [0.2, 0.25) is 5.95 Å². The van der Waals surface area contributed by atoms with E-state index in [1.807, 2.05) is 24.3 Å². The highest BCUT2D eigenvalue weighted by molar-refractivity contribution is 6.30. The van der Waals surface area contributed by atoms with Crippen LogP contribution in [0.4, 0.5) is 5.95 Å². The fraction of sp³-hybridized carbons (Fsp3) is 0.0909. The zero-order chi connectivity index (χ0) is 10.7. The smallest absolute Gasteiger partial charge is 0.219 e. The number of nitrogen functional groups attached to an aromatic ring is 1. The maximum Gasteiger partial charge on any atom is 0.219 e. The van der Waals surface area contributed by atoms with E-state index in [4.69, 9.17) is 17.3 Å². The molecule has 0 saturated heterocycles. The molecule has 4 heteroatoms. The predicted molar refractivity (Wildman–Crippen MR) is 60.7 cm³/mol. The Morgan fingerprint density at radius 2 is 1.87 bits per heavy atom. The van der Waals surface area contributed by atoms with Crippen LogP contribution >= 0.6 is 11.6 Å². The standard InChI is InChI=1S/C11H10ClN3/c12-10-3-1-2-8(5-10)4-9-6-14-11(13)15-7-9/h1-3,5-7H,4H2,(H2,13,14,15). The number of hydrogen-bond acceptors (Lipinski definition) is 3. The summed E-state index contributed by atoms with van der Waals surface area (Å²) in [5.41, 5.74) is 7.56. The highest BCUT2D eigenvalue weighted by atomic mass is 35.5. The maximum absolute atomic E-state index is 5.89. The molecule has 1 heterocycles. The maximum atomic E-state index is 5.89. The molecule has 0 saturated carbocycles. The lowest BCUT2D eigenvalue weighted by Crippen LogP contribution is -1.96.